The van der Waals surface area contributed by atoms with Crippen molar-refractivity contribution in [2.75, 3.05) is 0 Å². The summed E-state index contributed by atoms with van der Waals surface area (Å²) in [5, 5.41) is 22.0. The van der Waals surface area contributed by atoms with Crippen molar-refractivity contribution in [1.82, 2.24) is 4.98 Å². The highest BCUT2D eigenvalue weighted by atomic mass is 32.1. The molecule has 0 saturated heterocycles. The van der Waals surface area contributed by atoms with Gasteiger partial charge in [-0.2, -0.15) is 5.26 Å². The van der Waals surface area contributed by atoms with E-state index in [1.807, 2.05) is 23.6 Å². The lowest BCUT2D eigenvalue weighted by Crippen LogP contribution is -1.92. The molecule has 0 radical (unpaired) electrons. The van der Waals surface area contributed by atoms with Crippen LogP contribution >= 0.6 is 23.6 Å². The van der Waals surface area contributed by atoms with Crippen LogP contribution < -0.4 is 0 Å². The Morgan fingerprint density at radius 1 is 1.26 bits per heavy atom. The molecule has 23 heavy (non-hydrogen) atoms. The van der Waals surface area contributed by atoms with Gasteiger partial charge in [0.1, 0.15) is 10.7 Å². The minimum atomic E-state index is -0.443. The van der Waals surface area contributed by atoms with Crippen LogP contribution in [0, 0.1) is 26.1 Å². The molecule has 3 aromatic rings. The quantitative estimate of drug-likeness (QED) is 0.417. The van der Waals surface area contributed by atoms with Gasteiger partial charge in [0.25, 0.3) is 5.69 Å². The van der Waals surface area contributed by atoms with E-state index >= 15 is 0 Å². The smallest absolute Gasteiger partial charge is 0.269 e. The fourth-order valence-corrected chi connectivity index (χ4v) is 3.23. The molecular weight excluding hydrogens is 330 g/mol. The van der Waals surface area contributed by atoms with Gasteiger partial charge in [-0.1, -0.05) is 18.3 Å². The Hall–Kier alpha value is -2.82. The standard InChI is InChI=1S/C16H9N3O2S2/c17-9-13-12(15-2-1-7-23-15)8-14(18-16(13)22)10-3-5-11(6-4-10)19(20)21/h1-8H,(H,18,22). The zero-order chi connectivity index (χ0) is 16.4. The Bertz CT molecular complexity index is 968. The summed E-state index contributed by atoms with van der Waals surface area (Å²) in [5.74, 6) is 0. The van der Waals surface area contributed by atoms with Gasteiger partial charge in [-0.05, 0) is 35.2 Å². The van der Waals surface area contributed by atoms with Crippen LogP contribution in [0.15, 0.2) is 47.8 Å². The third-order valence-corrected chi connectivity index (χ3v) is 4.53. The van der Waals surface area contributed by atoms with Gasteiger partial charge in [0.15, 0.2) is 0 Å². The maximum absolute atomic E-state index is 10.7. The van der Waals surface area contributed by atoms with Gasteiger partial charge in [0, 0.05) is 28.3 Å². The van der Waals surface area contributed by atoms with Crippen LogP contribution in [0.3, 0.4) is 0 Å². The molecule has 112 valence electrons. The third kappa shape index (κ3) is 2.90. The van der Waals surface area contributed by atoms with Gasteiger partial charge < -0.3 is 4.98 Å². The number of benzene rings is 1. The van der Waals surface area contributed by atoms with E-state index in [1.165, 1.54) is 23.5 Å². The normalized spacial score (nSPS) is 10.2. The van der Waals surface area contributed by atoms with Gasteiger partial charge in [0.05, 0.1) is 10.5 Å². The van der Waals surface area contributed by atoms with E-state index in [4.69, 9.17) is 12.2 Å². The molecule has 5 nitrogen and oxygen atoms in total. The molecule has 0 atom stereocenters. The number of aromatic nitrogens is 1. The number of nitrogens with one attached hydrogen (secondary N) is 1. The van der Waals surface area contributed by atoms with Crippen LogP contribution in [0.5, 0.6) is 0 Å². The van der Waals surface area contributed by atoms with Crippen LogP contribution in [0.2, 0.25) is 0 Å². The Morgan fingerprint density at radius 2 is 2.00 bits per heavy atom. The van der Waals surface area contributed by atoms with Crippen molar-refractivity contribution in [1.29, 1.82) is 5.26 Å². The first-order valence-corrected chi connectivity index (χ1v) is 7.85. The molecule has 0 amide bonds. The summed E-state index contributed by atoms with van der Waals surface area (Å²) in [4.78, 5) is 14.3. The summed E-state index contributed by atoms with van der Waals surface area (Å²) in [6.07, 6.45) is 0. The van der Waals surface area contributed by atoms with E-state index in [-0.39, 0.29) is 5.69 Å². The van der Waals surface area contributed by atoms with Crippen LogP contribution in [0.1, 0.15) is 5.56 Å². The van der Waals surface area contributed by atoms with Gasteiger partial charge >= 0.3 is 0 Å². The lowest BCUT2D eigenvalue weighted by Gasteiger charge is -2.07. The second-order valence-electron chi connectivity index (χ2n) is 4.69. The number of hydrogen-bond donors (Lipinski definition) is 1. The first-order chi connectivity index (χ1) is 11.1. The second kappa shape index (κ2) is 6.12. The number of thiophene rings is 1. The van der Waals surface area contributed by atoms with Crippen molar-refractivity contribution < 1.29 is 4.92 Å². The van der Waals surface area contributed by atoms with E-state index in [1.54, 1.807) is 12.1 Å². The van der Waals surface area contributed by atoms with E-state index in [2.05, 4.69) is 11.1 Å². The molecule has 0 fully saturated rings. The number of non-ortho nitro benzene ring substituents is 1. The molecular formula is C16H9N3O2S2. The Labute approximate surface area is 140 Å². The monoisotopic (exact) mass is 339 g/mol. The molecule has 0 bridgehead atoms. The number of H-pyrrole nitrogens is 1. The molecule has 0 spiro atoms. The highest BCUT2D eigenvalue weighted by Gasteiger charge is 2.12. The van der Waals surface area contributed by atoms with E-state index in [0.29, 0.717) is 15.9 Å². The number of nitrogens with zero attached hydrogens (tertiary/aromatic N) is 2. The summed E-state index contributed by atoms with van der Waals surface area (Å²) >= 11 is 6.81. The molecule has 3 rings (SSSR count). The van der Waals surface area contributed by atoms with Crippen LogP contribution in [0.4, 0.5) is 5.69 Å². The van der Waals surface area contributed by atoms with E-state index in [0.717, 1.165) is 16.0 Å². The van der Waals surface area contributed by atoms with Crippen LogP contribution in [-0.2, 0) is 0 Å². The molecule has 0 aliphatic heterocycles. The van der Waals surface area contributed by atoms with E-state index in [9.17, 15) is 15.4 Å². The largest absolute Gasteiger partial charge is 0.345 e. The highest BCUT2D eigenvalue weighted by Crippen LogP contribution is 2.32. The topological polar surface area (TPSA) is 82.7 Å². The van der Waals surface area contributed by atoms with Crippen molar-refractivity contribution in [3.63, 3.8) is 0 Å². The highest BCUT2D eigenvalue weighted by molar-refractivity contribution is 7.71. The maximum atomic E-state index is 10.7. The molecule has 0 unspecified atom stereocenters. The van der Waals surface area contributed by atoms with Crippen LogP contribution in [0.25, 0.3) is 21.7 Å². The van der Waals surface area contributed by atoms with Crippen molar-refractivity contribution in [3.05, 3.63) is 68.2 Å². The molecule has 2 heterocycles. The Balaban J connectivity index is 2.16. The molecule has 1 aromatic carbocycles. The van der Waals surface area contributed by atoms with E-state index < -0.39 is 4.92 Å². The summed E-state index contributed by atoms with van der Waals surface area (Å²) in [6, 6.07) is 14.0. The Morgan fingerprint density at radius 3 is 2.57 bits per heavy atom. The molecule has 0 aliphatic carbocycles. The van der Waals surface area contributed by atoms with Gasteiger partial charge in [0.2, 0.25) is 0 Å². The number of hydrogen-bond acceptors (Lipinski definition) is 5. The number of nitro benzene ring substituents is 1. The molecule has 0 saturated carbocycles. The van der Waals surface area contributed by atoms with Gasteiger partial charge in [-0.3, -0.25) is 10.1 Å². The lowest BCUT2D eigenvalue weighted by molar-refractivity contribution is -0.384. The summed E-state index contributed by atoms with van der Waals surface area (Å²) in [5.41, 5.74) is 2.70. The number of aromatic amines is 1. The summed E-state index contributed by atoms with van der Waals surface area (Å²) in [7, 11) is 0. The van der Waals surface area contributed by atoms with Crippen molar-refractivity contribution in [2.45, 2.75) is 0 Å². The number of rotatable bonds is 3. The lowest BCUT2D eigenvalue weighted by atomic mass is 10.0. The second-order valence-corrected chi connectivity index (χ2v) is 6.05. The number of nitro groups is 1. The average molecular weight is 339 g/mol. The summed E-state index contributed by atoms with van der Waals surface area (Å²) < 4.78 is 0.353. The summed E-state index contributed by atoms with van der Waals surface area (Å²) in [6.45, 7) is 0. The van der Waals surface area contributed by atoms with Gasteiger partial charge in [-0.15, -0.1) is 11.3 Å². The number of nitriles is 1. The Kier molecular flexibility index (Phi) is 4.02. The molecule has 7 heteroatoms. The van der Waals surface area contributed by atoms with Crippen LogP contribution in [-0.4, -0.2) is 9.91 Å². The fraction of sp³-hybridized carbons (Fsp3) is 0. The minimum absolute atomic E-state index is 0.0273. The molecule has 1 N–H and O–H groups in total. The zero-order valence-electron chi connectivity index (χ0n) is 11.6. The average Bonchev–Trinajstić information content (AvgIpc) is 3.08. The minimum Gasteiger partial charge on any atom is -0.345 e. The molecule has 0 aliphatic rings. The maximum Gasteiger partial charge on any atom is 0.269 e. The predicted octanol–water partition coefficient (Wildman–Crippen LogP) is 4.92. The SMILES string of the molecule is N#Cc1c(-c2cccs2)cc(-c2ccc([N+](=O)[O-])cc2)[nH]c1=S. The van der Waals surface area contributed by atoms with Crippen molar-refractivity contribution in [3.8, 4) is 27.8 Å². The van der Waals surface area contributed by atoms with Crippen molar-refractivity contribution >= 4 is 29.2 Å². The molecule has 2 aromatic heterocycles. The predicted molar refractivity (Wildman–Crippen MR) is 91.7 cm³/mol. The van der Waals surface area contributed by atoms with Crippen molar-refractivity contribution in [2.24, 2.45) is 0 Å². The van der Waals surface area contributed by atoms with Gasteiger partial charge in [-0.25, -0.2) is 0 Å². The first-order valence-electron chi connectivity index (χ1n) is 6.56. The first kappa shape index (κ1) is 15.1. The number of pyridine rings is 1. The zero-order valence-corrected chi connectivity index (χ0v) is 13.3. The fourth-order valence-electron chi connectivity index (χ4n) is 2.22. The third-order valence-electron chi connectivity index (χ3n) is 3.32.